The van der Waals surface area contributed by atoms with Gasteiger partial charge in [0, 0.05) is 12.1 Å². The summed E-state index contributed by atoms with van der Waals surface area (Å²) < 4.78 is 26.4. The van der Waals surface area contributed by atoms with Crippen molar-refractivity contribution in [3.8, 4) is 0 Å². The van der Waals surface area contributed by atoms with Crippen LogP contribution in [0, 0.1) is 19.8 Å². The van der Waals surface area contributed by atoms with Crippen molar-refractivity contribution in [1.82, 2.24) is 10.2 Å². The van der Waals surface area contributed by atoms with Crippen molar-refractivity contribution in [1.29, 1.82) is 0 Å². The van der Waals surface area contributed by atoms with E-state index in [0.29, 0.717) is 17.8 Å². The zero-order valence-electron chi connectivity index (χ0n) is 20.3. The van der Waals surface area contributed by atoms with Crippen LogP contribution in [0.5, 0.6) is 0 Å². The third-order valence-electron chi connectivity index (χ3n) is 6.39. The number of benzene rings is 2. The lowest BCUT2D eigenvalue weighted by molar-refractivity contribution is 0.0950. The van der Waals surface area contributed by atoms with Gasteiger partial charge in [0.15, 0.2) is 0 Å². The molecule has 3 rings (SSSR count). The van der Waals surface area contributed by atoms with Gasteiger partial charge in [0.1, 0.15) is 0 Å². The average molecular weight is 472 g/mol. The van der Waals surface area contributed by atoms with Crippen LogP contribution in [0.15, 0.2) is 42.5 Å². The molecule has 1 saturated heterocycles. The predicted molar refractivity (Wildman–Crippen MR) is 135 cm³/mol. The van der Waals surface area contributed by atoms with Crippen LogP contribution in [-0.4, -0.2) is 51.7 Å². The summed E-state index contributed by atoms with van der Waals surface area (Å²) in [6.45, 7) is 10.4. The maximum absolute atomic E-state index is 12.5. The number of carbonyl (C=O) groups is 1. The van der Waals surface area contributed by atoms with Crippen molar-refractivity contribution in [2.45, 2.75) is 46.6 Å². The van der Waals surface area contributed by atoms with E-state index in [1.54, 1.807) is 12.1 Å². The van der Waals surface area contributed by atoms with Crippen LogP contribution in [0.1, 0.15) is 53.2 Å². The van der Waals surface area contributed by atoms with Gasteiger partial charge in [-0.15, -0.1) is 0 Å². The van der Waals surface area contributed by atoms with Gasteiger partial charge in [-0.1, -0.05) is 31.2 Å². The van der Waals surface area contributed by atoms with E-state index in [-0.39, 0.29) is 12.5 Å². The molecule has 0 spiro atoms. The first-order valence-corrected chi connectivity index (χ1v) is 13.6. The molecular weight excluding hydrogens is 434 g/mol. The number of likely N-dealkylation sites (tertiary alicyclic amines) is 1. The van der Waals surface area contributed by atoms with Crippen molar-refractivity contribution in [2.75, 3.05) is 36.7 Å². The molecule has 7 heteroatoms. The molecule has 6 nitrogen and oxygen atoms in total. The smallest absolute Gasteiger partial charge is 0.251 e. The van der Waals surface area contributed by atoms with Crippen molar-refractivity contribution in [3.05, 3.63) is 64.7 Å². The summed E-state index contributed by atoms with van der Waals surface area (Å²) in [5.74, 6) is 0.734. The molecule has 0 unspecified atom stereocenters. The quantitative estimate of drug-likeness (QED) is 0.559. The first kappa shape index (κ1) is 25.2. The maximum atomic E-state index is 12.5. The lowest BCUT2D eigenvalue weighted by Gasteiger charge is -2.30. The van der Waals surface area contributed by atoms with Crippen LogP contribution < -0.4 is 9.62 Å². The molecule has 1 heterocycles. The molecule has 1 aliphatic heterocycles. The predicted octanol–water partition coefficient (Wildman–Crippen LogP) is 4.12. The van der Waals surface area contributed by atoms with Gasteiger partial charge in [0.25, 0.3) is 5.91 Å². The van der Waals surface area contributed by atoms with Crippen LogP contribution in [0.25, 0.3) is 0 Å². The van der Waals surface area contributed by atoms with Gasteiger partial charge in [-0.3, -0.25) is 9.10 Å². The van der Waals surface area contributed by atoms with Crippen molar-refractivity contribution >= 4 is 21.6 Å². The van der Waals surface area contributed by atoms with Gasteiger partial charge >= 0.3 is 0 Å². The molecule has 0 saturated carbocycles. The summed E-state index contributed by atoms with van der Waals surface area (Å²) in [4.78, 5) is 15.0. The Balaban J connectivity index is 1.56. The second-order valence-corrected chi connectivity index (χ2v) is 11.3. The Hall–Kier alpha value is -2.38. The summed E-state index contributed by atoms with van der Waals surface area (Å²) in [6.07, 6.45) is 4.69. The number of piperidine rings is 1. The highest BCUT2D eigenvalue weighted by Gasteiger charge is 2.20. The molecule has 0 radical (unpaired) electrons. The van der Waals surface area contributed by atoms with Gasteiger partial charge in [-0.05, 0) is 93.6 Å². The van der Waals surface area contributed by atoms with E-state index in [2.05, 4.69) is 17.1 Å². The third kappa shape index (κ3) is 7.30. The van der Waals surface area contributed by atoms with E-state index >= 15 is 0 Å². The van der Waals surface area contributed by atoms with E-state index < -0.39 is 10.0 Å². The summed E-state index contributed by atoms with van der Waals surface area (Å²) in [5, 5.41) is 3.00. The molecular formula is C26H37N3O3S. The van der Waals surface area contributed by atoms with Gasteiger partial charge in [-0.2, -0.15) is 0 Å². The lowest BCUT2D eigenvalue weighted by atomic mass is 9.99. The molecule has 1 N–H and O–H groups in total. The molecule has 0 bridgehead atoms. The second kappa shape index (κ2) is 11.2. The number of hydrogen-bond acceptors (Lipinski definition) is 4. The molecule has 1 aliphatic rings. The zero-order chi connectivity index (χ0) is 24.0. The standard InChI is InChI=1S/C26H37N3O3S/c1-20-12-16-28(17-13-20)15-5-14-27-26(30)24-10-8-23(9-11-24)19-29(33(4,31)32)25-18-21(2)6-7-22(25)3/h6-11,18,20H,5,12-17,19H2,1-4H3,(H,27,30). The number of nitrogens with one attached hydrogen (secondary N) is 1. The molecule has 1 fully saturated rings. The van der Waals surface area contributed by atoms with Gasteiger partial charge in [0.2, 0.25) is 10.0 Å². The summed E-state index contributed by atoms with van der Waals surface area (Å²) in [7, 11) is -3.46. The van der Waals surface area contributed by atoms with E-state index in [9.17, 15) is 13.2 Å². The Morgan fingerprint density at radius 2 is 1.76 bits per heavy atom. The summed E-state index contributed by atoms with van der Waals surface area (Å²) in [5.41, 5.74) is 4.01. The molecule has 0 atom stereocenters. The first-order valence-electron chi connectivity index (χ1n) is 11.8. The number of aryl methyl sites for hydroxylation is 2. The Morgan fingerprint density at radius 1 is 1.09 bits per heavy atom. The largest absolute Gasteiger partial charge is 0.352 e. The first-order chi connectivity index (χ1) is 15.6. The Labute approximate surface area is 199 Å². The highest BCUT2D eigenvalue weighted by atomic mass is 32.2. The minimum absolute atomic E-state index is 0.0942. The number of nitrogens with zero attached hydrogens (tertiary/aromatic N) is 2. The Kier molecular flexibility index (Phi) is 8.54. The zero-order valence-corrected chi connectivity index (χ0v) is 21.1. The minimum atomic E-state index is -3.46. The van der Waals surface area contributed by atoms with Crippen molar-refractivity contribution in [3.63, 3.8) is 0 Å². The Morgan fingerprint density at radius 3 is 2.39 bits per heavy atom. The number of rotatable bonds is 9. The maximum Gasteiger partial charge on any atom is 0.251 e. The number of sulfonamides is 1. The minimum Gasteiger partial charge on any atom is -0.352 e. The van der Waals surface area contributed by atoms with E-state index in [0.717, 1.165) is 48.7 Å². The van der Waals surface area contributed by atoms with E-state index in [4.69, 9.17) is 0 Å². The van der Waals surface area contributed by atoms with Crippen molar-refractivity contribution in [2.24, 2.45) is 5.92 Å². The van der Waals surface area contributed by atoms with Gasteiger partial charge in [0.05, 0.1) is 18.5 Å². The highest BCUT2D eigenvalue weighted by Crippen LogP contribution is 2.26. The average Bonchev–Trinajstić information content (AvgIpc) is 2.77. The van der Waals surface area contributed by atoms with Crippen molar-refractivity contribution < 1.29 is 13.2 Å². The number of amides is 1. The fourth-order valence-corrected chi connectivity index (χ4v) is 5.13. The fourth-order valence-electron chi connectivity index (χ4n) is 4.19. The third-order valence-corrected chi connectivity index (χ3v) is 7.52. The lowest BCUT2D eigenvalue weighted by Crippen LogP contribution is -2.35. The van der Waals surface area contributed by atoms with Crippen LogP contribution in [0.3, 0.4) is 0 Å². The summed E-state index contributed by atoms with van der Waals surface area (Å²) in [6, 6.07) is 13.0. The molecule has 33 heavy (non-hydrogen) atoms. The summed E-state index contributed by atoms with van der Waals surface area (Å²) >= 11 is 0. The van der Waals surface area contributed by atoms with Gasteiger partial charge in [-0.25, -0.2) is 8.42 Å². The molecule has 0 aromatic heterocycles. The number of hydrogen-bond donors (Lipinski definition) is 1. The van der Waals surface area contributed by atoms with Crippen LogP contribution in [0.2, 0.25) is 0 Å². The molecule has 1 amide bonds. The molecule has 2 aromatic carbocycles. The SMILES string of the molecule is Cc1ccc(C)c(N(Cc2ccc(C(=O)NCCCN3CCC(C)CC3)cc2)S(C)(=O)=O)c1. The normalized spacial score (nSPS) is 15.4. The molecule has 180 valence electrons. The number of anilines is 1. The molecule has 2 aromatic rings. The van der Waals surface area contributed by atoms with E-state index in [1.165, 1.54) is 23.4 Å². The number of carbonyl (C=O) groups excluding carboxylic acids is 1. The highest BCUT2D eigenvalue weighted by molar-refractivity contribution is 7.92. The van der Waals surface area contributed by atoms with Crippen LogP contribution in [0.4, 0.5) is 5.69 Å². The van der Waals surface area contributed by atoms with E-state index in [1.807, 2.05) is 44.2 Å². The fraction of sp³-hybridized carbons (Fsp3) is 0.500. The van der Waals surface area contributed by atoms with Crippen LogP contribution >= 0.6 is 0 Å². The van der Waals surface area contributed by atoms with Gasteiger partial charge < -0.3 is 10.2 Å². The molecule has 0 aliphatic carbocycles. The topological polar surface area (TPSA) is 69.7 Å². The monoisotopic (exact) mass is 471 g/mol. The Bertz CT molecular complexity index is 1040. The van der Waals surface area contributed by atoms with Crippen LogP contribution in [-0.2, 0) is 16.6 Å². The second-order valence-electron chi connectivity index (χ2n) is 9.39.